The number of hydrogen-bond acceptors (Lipinski definition) is 6. The molecule has 2 heterocycles. The summed E-state index contributed by atoms with van der Waals surface area (Å²) in [6.45, 7) is 0. The third-order valence-electron chi connectivity index (χ3n) is 3.55. The van der Waals surface area contributed by atoms with Gasteiger partial charge in [0, 0.05) is 12.5 Å². The van der Waals surface area contributed by atoms with Gasteiger partial charge in [0.2, 0.25) is 0 Å². The molecule has 0 aliphatic carbocycles. The molecule has 114 valence electrons. The second-order valence-corrected chi connectivity index (χ2v) is 7.37. The normalized spacial score (nSPS) is 29.7. The highest BCUT2D eigenvalue weighted by atomic mass is 32.2. The summed E-state index contributed by atoms with van der Waals surface area (Å²) in [5.41, 5.74) is 0.759. The largest absolute Gasteiger partial charge is 0.486 e. The van der Waals surface area contributed by atoms with Gasteiger partial charge in [-0.2, -0.15) is 0 Å². The van der Waals surface area contributed by atoms with Gasteiger partial charge < -0.3 is 19.7 Å². The molecule has 3 unspecified atom stereocenters. The second-order valence-electron chi connectivity index (χ2n) is 5.22. The molecule has 8 heteroatoms. The highest BCUT2D eigenvalue weighted by Gasteiger charge is 2.38. The molecule has 3 atom stereocenters. The number of aliphatic hydroxyl groups excluding tert-OH is 1. The first-order chi connectivity index (χ1) is 9.84. The van der Waals surface area contributed by atoms with Crippen molar-refractivity contribution in [2.24, 2.45) is 0 Å². The van der Waals surface area contributed by atoms with Gasteiger partial charge in [-0.25, -0.2) is 13.2 Å². The van der Waals surface area contributed by atoms with Crippen LogP contribution in [0.1, 0.15) is 5.56 Å². The fourth-order valence-electron chi connectivity index (χ4n) is 2.50. The minimum absolute atomic E-state index is 0.232. The van der Waals surface area contributed by atoms with Gasteiger partial charge in [0.15, 0.2) is 15.9 Å². The zero-order chi connectivity index (χ0) is 15.2. The van der Waals surface area contributed by atoms with Crippen molar-refractivity contribution in [2.45, 2.75) is 24.7 Å². The summed E-state index contributed by atoms with van der Waals surface area (Å²) in [5.74, 6) is -0.813. The number of aliphatic carboxylic acids is 1. The first-order valence-electron chi connectivity index (χ1n) is 6.41. The van der Waals surface area contributed by atoms with Crippen molar-refractivity contribution in [3.05, 3.63) is 23.8 Å². The van der Waals surface area contributed by atoms with Crippen LogP contribution in [0.3, 0.4) is 0 Å². The van der Waals surface area contributed by atoms with Crippen LogP contribution in [-0.2, 0) is 21.1 Å². The molecule has 21 heavy (non-hydrogen) atoms. The van der Waals surface area contributed by atoms with Crippen LogP contribution in [0.15, 0.2) is 18.2 Å². The predicted molar refractivity (Wildman–Crippen MR) is 71.3 cm³/mol. The summed E-state index contributed by atoms with van der Waals surface area (Å²) in [4.78, 5) is 10.9. The molecule has 1 fully saturated rings. The molecule has 0 spiro atoms. The van der Waals surface area contributed by atoms with Crippen LogP contribution in [0.4, 0.5) is 0 Å². The van der Waals surface area contributed by atoms with Crippen molar-refractivity contribution in [2.75, 3.05) is 11.5 Å². The SMILES string of the molecule is O=C(O)C1Cc2ccc(OC3CS(=O)(=O)CC3O)cc2O1. The van der Waals surface area contributed by atoms with E-state index in [-0.39, 0.29) is 17.9 Å². The molecular weight excluding hydrogens is 300 g/mol. The molecule has 0 radical (unpaired) electrons. The minimum Gasteiger partial charge on any atom is -0.486 e. The van der Waals surface area contributed by atoms with Crippen molar-refractivity contribution < 1.29 is 32.9 Å². The van der Waals surface area contributed by atoms with Crippen LogP contribution < -0.4 is 9.47 Å². The molecule has 0 aromatic heterocycles. The van der Waals surface area contributed by atoms with Crippen molar-refractivity contribution in [3.8, 4) is 11.5 Å². The van der Waals surface area contributed by atoms with Gasteiger partial charge in [0.05, 0.1) is 11.5 Å². The summed E-state index contributed by atoms with van der Waals surface area (Å²) < 4.78 is 33.6. The Balaban J connectivity index is 1.75. The van der Waals surface area contributed by atoms with Crippen LogP contribution >= 0.6 is 0 Å². The van der Waals surface area contributed by atoms with Gasteiger partial charge >= 0.3 is 5.97 Å². The molecule has 0 amide bonds. The van der Waals surface area contributed by atoms with Crippen molar-refractivity contribution >= 4 is 15.8 Å². The van der Waals surface area contributed by atoms with E-state index in [4.69, 9.17) is 14.6 Å². The summed E-state index contributed by atoms with van der Waals surface area (Å²) >= 11 is 0. The molecule has 0 bridgehead atoms. The van der Waals surface area contributed by atoms with Crippen molar-refractivity contribution in [1.29, 1.82) is 0 Å². The topological polar surface area (TPSA) is 110 Å². The Hall–Kier alpha value is -1.80. The highest BCUT2D eigenvalue weighted by molar-refractivity contribution is 7.91. The number of benzene rings is 1. The molecule has 1 aromatic carbocycles. The molecule has 1 aromatic rings. The maximum Gasteiger partial charge on any atom is 0.345 e. The van der Waals surface area contributed by atoms with Crippen LogP contribution in [0.5, 0.6) is 11.5 Å². The van der Waals surface area contributed by atoms with Crippen LogP contribution in [0.2, 0.25) is 0 Å². The molecule has 1 saturated heterocycles. The Morgan fingerprint density at radius 3 is 2.71 bits per heavy atom. The molecule has 7 nitrogen and oxygen atoms in total. The summed E-state index contributed by atoms with van der Waals surface area (Å²) in [6.07, 6.45) is -2.50. The van der Waals surface area contributed by atoms with Gasteiger partial charge in [-0.1, -0.05) is 6.07 Å². The van der Waals surface area contributed by atoms with E-state index < -0.39 is 34.1 Å². The number of sulfone groups is 1. The lowest BCUT2D eigenvalue weighted by Gasteiger charge is -2.16. The number of fused-ring (bicyclic) bond motifs is 1. The standard InChI is InChI=1S/C13H14O7S/c14-9-5-21(17,18)6-12(9)19-8-2-1-7-3-11(13(15)16)20-10(7)4-8/h1-2,4,9,11-12,14H,3,5-6H2,(H,15,16). The monoisotopic (exact) mass is 314 g/mol. The Morgan fingerprint density at radius 2 is 2.10 bits per heavy atom. The van der Waals surface area contributed by atoms with Crippen molar-refractivity contribution in [3.63, 3.8) is 0 Å². The molecule has 3 rings (SSSR count). The number of ether oxygens (including phenoxy) is 2. The molecule has 0 saturated carbocycles. The number of carbonyl (C=O) groups is 1. The van der Waals surface area contributed by atoms with E-state index in [0.29, 0.717) is 11.5 Å². The number of carboxylic acid groups (broad SMARTS) is 1. The molecule has 2 aliphatic rings. The van der Waals surface area contributed by atoms with Gasteiger partial charge in [0.25, 0.3) is 0 Å². The first kappa shape index (κ1) is 14.2. The number of aliphatic hydroxyl groups is 1. The Labute approximate surface area is 121 Å². The minimum atomic E-state index is -3.28. The maximum absolute atomic E-state index is 11.4. The van der Waals surface area contributed by atoms with E-state index >= 15 is 0 Å². The summed E-state index contributed by atoms with van der Waals surface area (Å²) in [6, 6.07) is 4.82. The average molecular weight is 314 g/mol. The number of hydrogen-bond donors (Lipinski definition) is 2. The lowest BCUT2D eigenvalue weighted by molar-refractivity contribution is -0.144. The van der Waals surface area contributed by atoms with E-state index in [2.05, 4.69) is 0 Å². The Bertz CT molecular complexity index is 682. The van der Waals surface area contributed by atoms with E-state index in [1.165, 1.54) is 6.07 Å². The zero-order valence-electron chi connectivity index (χ0n) is 10.9. The molecule has 2 aliphatic heterocycles. The van der Waals surface area contributed by atoms with Crippen LogP contribution in [0, 0.1) is 0 Å². The Kier molecular flexibility index (Phi) is 3.29. The fourth-order valence-corrected chi connectivity index (χ4v) is 4.16. The quantitative estimate of drug-likeness (QED) is 0.782. The average Bonchev–Trinajstić information content (AvgIpc) is 2.90. The second kappa shape index (κ2) is 4.88. The lowest BCUT2D eigenvalue weighted by atomic mass is 10.1. The van der Waals surface area contributed by atoms with E-state index in [1.54, 1.807) is 12.1 Å². The van der Waals surface area contributed by atoms with Gasteiger partial charge in [-0.3, -0.25) is 0 Å². The smallest absolute Gasteiger partial charge is 0.345 e. The van der Waals surface area contributed by atoms with E-state index in [9.17, 15) is 18.3 Å². The van der Waals surface area contributed by atoms with E-state index in [1.807, 2.05) is 0 Å². The number of carboxylic acids is 1. The summed E-state index contributed by atoms with van der Waals surface area (Å²) in [7, 11) is -3.28. The maximum atomic E-state index is 11.4. The summed E-state index contributed by atoms with van der Waals surface area (Å²) in [5, 5.41) is 18.6. The zero-order valence-corrected chi connectivity index (χ0v) is 11.7. The van der Waals surface area contributed by atoms with Gasteiger partial charge in [0.1, 0.15) is 23.7 Å². The van der Waals surface area contributed by atoms with Crippen LogP contribution in [-0.4, -0.2) is 54.4 Å². The van der Waals surface area contributed by atoms with Crippen LogP contribution in [0.25, 0.3) is 0 Å². The highest BCUT2D eigenvalue weighted by Crippen LogP contribution is 2.33. The third-order valence-corrected chi connectivity index (χ3v) is 5.23. The number of rotatable bonds is 3. The lowest BCUT2D eigenvalue weighted by Crippen LogP contribution is -2.29. The van der Waals surface area contributed by atoms with Crippen molar-refractivity contribution in [1.82, 2.24) is 0 Å². The fraction of sp³-hybridized carbons (Fsp3) is 0.462. The first-order valence-corrected chi connectivity index (χ1v) is 8.24. The molecule has 2 N–H and O–H groups in total. The van der Waals surface area contributed by atoms with Gasteiger partial charge in [-0.15, -0.1) is 0 Å². The van der Waals surface area contributed by atoms with Gasteiger partial charge in [-0.05, 0) is 11.6 Å². The van der Waals surface area contributed by atoms with E-state index in [0.717, 1.165) is 5.56 Å². The Morgan fingerprint density at radius 1 is 1.33 bits per heavy atom. The predicted octanol–water partition coefficient (Wildman–Crippen LogP) is -0.389. The molecular formula is C13H14O7S. The third kappa shape index (κ3) is 2.81.